The molecule has 0 fully saturated rings. The Morgan fingerprint density at radius 1 is 1.12 bits per heavy atom. The number of aromatic nitrogens is 4. The molecule has 26 heavy (non-hydrogen) atoms. The Morgan fingerprint density at radius 3 is 2.81 bits per heavy atom. The molecule has 10 heteroatoms. The lowest BCUT2D eigenvalue weighted by Gasteiger charge is -2.07. The second-order valence-electron chi connectivity index (χ2n) is 5.39. The number of fused-ring (bicyclic) bond motifs is 1. The summed E-state index contributed by atoms with van der Waals surface area (Å²) in [6, 6.07) is 10.2. The fraction of sp³-hybridized carbons (Fsp3) is 0.0625. The van der Waals surface area contributed by atoms with Crippen molar-refractivity contribution in [2.75, 3.05) is 5.32 Å². The van der Waals surface area contributed by atoms with Gasteiger partial charge in [0.25, 0.3) is 0 Å². The summed E-state index contributed by atoms with van der Waals surface area (Å²) in [6.07, 6.45) is 3.30. The van der Waals surface area contributed by atoms with Crippen LogP contribution in [-0.4, -0.2) is 28.6 Å². The summed E-state index contributed by atoms with van der Waals surface area (Å²) in [7, 11) is -3.68. The summed E-state index contributed by atoms with van der Waals surface area (Å²) in [6.45, 7) is 0.122. The molecule has 0 spiro atoms. The number of benzene rings is 1. The van der Waals surface area contributed by atoms with Crippen molar-refractivity contribution < 1.29 is 8.42 Å². The van der Waals surface area contributed by atoms with E-state index >= 15 is 0 Å². The third kappa shape index (κ3) is 3.43. The van der Waals surface area contributed by atoms with Crippen LogP contribution in [0.25, 0.3) is 10.9 Å². The lowest BCUT2D eigenvalue weighted by Crippen LogP contribution is -2.23. The van der Waals surface area contributed by atoms with Crippen LogP contribution in [0.1, 0.15) is 5.69 Å². The molecule has 1 aromatic carbocycles. The lowest BCUT2D eigenvalue weighted by molar-refractivity contribution is 0.580. The second kappa shape index (κ2) is 6.83. The van der Waals surface area contributed by atoms with Crippen molar-refractivity contribution in [3.63, 3.8) is 0 Å². The van der Waals surface area contributed by atoms with Gasteiger partial charge in [0.05, 0.1) is 22.7 Å². The number of rotatable bonds is 6. The SMILES string of the molecule is O=S(=O)(NCc1ccccn1)c1ccc2[nH]nc(Nc3nccs3)c2c1. The van der Waals surface area contributed by atoms with Crippen LogP contribution in [0.2, 0.25) is 0 Å². The van der Waals surface area contributed by atoms with Gasteiger partial charge >= 0.3 is 0 Å². The summed E-state index contributed by atoms with van der Waals surface area (Å²) >= 11 is 1.43. The topological polar surface area (TPSA) is 113 Å². The van der Waals surface area contributed by atoms with E-state index in [1.54, 1.807) is 36.7 Å². The van der Waals surface area contributed by atoms with E-state index in [-0.39, 0.29) is 11.4 Å². The zero-order valence-electron chi connectivity index (χ0n) is 13.4. The summed E-state index contributed by atoms with van der Waals surface area (Å²) in [5.41, 5.74) is 1.37. The monoisotopic (exact) mass is 386 g/mol. The summed E-state index contributed by atoms with van der Waals surface area (Å²) in [5.74, 6) is 0.525. The molecule has 3 aromatic heterocycles. The fourth-order valence-corrected chi connectivity index (χ4v) is 3.95. The van der Waals surface area contributed by atoms with Crippen LogP contribution in [0.3, 0.4) is 0 Å². The van der Waals surface area contributed by atoms with E-state index < -0.39 is 10.0 Å². The molecule has 8 nitrogen and oxygen atoms in total. The summed E-state index contributed by atoms with van der Waals surface area (Å²) < 4.78 is 27.8. The third-order valence-electron chi connectivity index (χ3n) is 3.67. The smallest absolute Gasteiger partial charge is 0.240 e. The van der Waals surface area contributed by atoms with Crippen molar-refractivity contribution in [3.05, 3.63) is 59.9 Å². The third-order valence-corrected chi connectivity index (χ3v) is 5.76. The van der Waals surface area contributed by atoms with E-state index in [2.05, 4.69) is 30.2 Å². The first-order chi connectivity index (χ1) is 12.6. The van der Waals surface area contributed by atoms with E-state index in [1.165, 1.54) is 17.4 Å². The molecule has 0 aliphatic heterocycles. The van der Waals surface area contributed by atoms with Crippen LogP contribution in [0.5, 0.6) is 0 Å². The van der Waals surface area contributed by atoms with E-state index in [9.17, 15) is 8.42 Å². The van der Waals surface area contributed by atoms with Crippen LogP contribution in [-0.2, 0) is 16.6 Å². The molecular weight excluding hydrogens is 372 g/mol. The number of nitrogens with one attached hydrogen (secondary N) is 3. The molecule has 132 valence electrons. The van der Waals surface area contributed by atoms with Gasteiger partial charge in [0, 0.05) is 23.2 Å². The van der Waals surface area contributed by atoms with Crippen molar-refractivity contribution in [1.82, 2.24) is 24.9 Å². The maximum absolute atomic E-state index is 12.6. The highest BCUT2D eigenvalue weighted by Gasteiger charge is 2.17. The number of sulfonamides is 1. The van der Waals surface area contributed by atoms with Crippen molar-refractivity contribution in [2.24, 2.45) is 0 Å². The number of aromatic amines is 1. The van der Waals surface area contributed by atoms with Crippen molar-refractivity contribution in [2.45, 2.75) is 11.4 Å². The quantitative estimate of drug-likeness (QED) is 0.470. The molecule has 4 aromatic rings. The minimum Gasteiger partial charge on any atom is -0.314 e. The van der Waals surface area contributed by atoms with Crippen LogP contribution in [0.15, 0.2) is 59.1 Å². The Hall–Kier alpha value is -2.82. The highest BCUT2D eigenvalue weighted by molar-refractivity contribution is 7.89. The van der Waals surface area contributed by atoms with Crippen LogP contribution >= 0.6 is 11.3 Å². The molecule has 0 unspecified atom stereocenters. The average Bonchev–Trinajstić information content (AvgIpc) is 3.31. The van der Waals surface area contributed by atoms with E-state index in [0.29, 0.717) is 22.0 Å². The number of anilines is 2. The average molecular weight is 386 g/mol. The maximum Gasteiger partial charge on any atom is 0.240 e. The molecule has 4 rings (SSSR count). The summed E-state index contributed by atoms with van der Waals surface area (Å²) in [4.78, 5) is 8.42. The normalized spacial score (nSPS) is 11.7. The Balaban J connectivity index is 1.61. The first-order valence-corrected chi connectivity index (χ1v) is 10.0. The predicted molar refractivity (Wildman–Crippen MR) is 99.8 cm³/mol. The molecule has 3 heterocycles. The standard InChI is InChI=1S/C16H14N6O2S2/c23-26(24,19-10-11-3-1-2-6-17-11)12-4-5-14-13(9-12)15(22-21-14)20-16-18-7-8-25-16/h1-9,19H,10H2,(H2,18,20,21,22). The largest absolute Gasteiger partial charge is 0.314 e. The zero-order valence-corrected chi connectivity index (χ0v) is 15.0. The molecule has 0 aliphatic carbocycles. The van der Waals surface area contributed by atoms with Crippen LogP contribution in [0, 0.1) is 0 Å². The van der Waals surface area contributed by atoms with Crippen molar-refractivity contribution >= 4 is 43.2 Å². The fourth-order valence-electron chi connectivity index (χ4n) is 2.40. The van der Waals surface area contributed by atoms with Gasteiger partial charge < -0.3 is 5.32 Å². The number of thiazole rings is 1. The van der Waals surface area contributed by atoms with Gasteiger partial charge in [-0.2, -0.15) is 5.10 Å². The lowest BCUT2D eigenvalue weighted by atomic mass is 10.2. The number of H-pyrrole nitrogens is 1. The highest BCUT2D eigenvalue weighted by Crippen LogP contribution is 2.27. The number of nitrogens with zero attached hydrogens (tertiary/aromatic N) is 3. The Morgan fingerprint density at radius 2 is 2.04 bits per heavy atom. The molecule has 0 aliphatic rings. The van der Waals surface area contributed by atoms with Gasteiger partial charge in [0.2, 0.25) is 10.0 Å². The Labute approximate surface area is 153 Å². The maximum atomic E-state index is 12.6. The number of pyridine rings is 1. The number of hydrogen-bond donors (Lipinski definition) is 3. The second-order valence-corrected chi connectivity index (χ2v) is 8.05. The van der Waals surface area contributed by atoms with Crippen LogP contribution < -0.4 is 10.0 Å². The van der Waals surface area contributed by atoms with Gasteiger partial charge in [-0.15, -0.1) is 11.3 Å². The van der Waals surface area contributed by atoms with E-state index in [0.717, 1.165) is 5.52 Å². The zero-order chi connectivity index (χ0) is 18.0. The van der Waals surface area contributed by atoms with Crippen LogP contribution in [0.4, 0.5) is 10.9 Å². The highest BCUT2D eigenvalue weighted by atomic mass is 32.2. The number of hydrogen-bond acceptors (Lipinski definition) is 7. The van der Waals surface area contributed by atoms with Gasteiger partial charge in [-0.05, 0) is 30.3 Å². The van der Waals surface area contributed by atoms with E-state index in [4.69, 9.17) is 0 Å². The minimum atomic E-state index is -3.68. The Bertz CT molecular complexity index is 1120. The molecule has 0 bridgehead atoms. The molecule has 0 saturated carbocycles. The van der Waals surface area contributed by atoms with Gasteiger partial charge in [0.1, 0.15) is 0 Å². The molecular formula is C16H14N6O2S2. The molecule has 3 N–H and O–H groups in total. The minimum absolute atomic E-state index is 0.122. The van der Waals surface area contributed by atoms with Crippen molar-refractivity contribution in [3.8, 4) is 0 Å². The molecule has 0 saturated heterocycles. The Kier molecular flexibility index (Phi) is 4.37. The predicted octanol–water partition coefficient (Wildman–Crippen LogP) is 2.64. The van der Waals surface area contributed by atoms with Gasteiger partial charge in [-0.25, -0.2) is 18.1 Å². The molecule has 0 atom stereocenters. The van der Waals surface area contributed by atoms with Gasteiger partial charge in [0.15, 0.2) is 10.9 Å². The van der Waals surface area contributed by atoms with Gasteiger partial charge in [-0.3, -0.25) is 10.1 Å². The van der Waals surface area contributed by atoms with Crippen molar-refractivity contribution in [1.29, 1.82) is 0 Å². The van der Waals surface area contributed by atoms with E-state index in [1.807, 2.05) is 11.4 Å². The molecule has 0 amide bonds. The molecule has 0 radical (unpaired) electrons. The first kappa shape index (κ1) is 16.6. The summed E-state index contributed by atoms with van der Waals surface area (Å²) in [5, 5.41) is 13.3. The first-order valence-electron chi connectivity index (χ1n) is 7.66. The van der Waals surface area contributed by atoms with Gasteiger partial charge in [-0.1, -0.05) is 6.07 Å².